The molecule has 148 valence electrons. The van der Waals surface area contributed by atoms with Crippen LogP contribution in [0.2, 0.25) is 0 Å². The van der Waals surface area contributed by atoms with E-state index in [1.54, 1.807) is 24.3 Å². The molecule has 1 saturated heterocycles. The summed E-state index contributed by atoms with van der Waals surface area (Å²) in [6.07, 6.45) is 3.13. The second-order valence-electron chi connectivity index (χ2n) is 7.90. The number of nitrogens with zero attached hydrogens (tertiary/aromatic N) is 3. The number of benzene rings is 2. The predicted octanol–water partition coefficient (Wildman–Crippen LogP) is 2.25. The Labute approximate surface area is 166 Å². The molecule has 2 aromatic carbocycles. The lowest BCUT2D eigenvalue weighted by Gasteiger charge is -2.32. The molecule has 8 nitrogen and oxygen atoms in total. The molecule has 8 heteroatoms. The van der Waals surface area contributed by atoms with Gasteiger partial charge in [0, 0.05) is 12.1 Å². The van der Waals surface area contributed by atoms with E-state index in [2.05, 4.69) is 20.3 Å². The molecule has 1 aromatic heterocycles. The molecule has 1 aliphatic heterocycles. The Bertz CT molecular complexity index is 1120. The fourth-order valence-corrected chi connectivity index (χ4v) is 4.44. The quantitative estimate of drug-likeness (QED) is 0.523. The lowest BCUT2D eigenvalue weighted by molar-refractivity contribution is -0.128. The van der Waals surface area contributed by atoms with Crippen LogP contribution >= 0.6 is 0 Å². The van der Waals surface area contributed by atoms with Crippen LogP contribution in [-0.2, 0) is 24.2 Å². The van der Waals surface area contributed by atoms with Crippen molar-refractivity contribution in [2.24, 2.45) is 5.41 Å². The summed E-state index contributed by atoms with van der Waals surface area (Å²) in [7, 11) is 0. The minimum absolute atomic E-state index is 0.0189. The Morgan fingerprint density at radius 3 is 2.83 bits per heavy atom. The first kappa shape index (κ1) is 17.8. The summed E-state index contributed by atoms with van der Waals surface area (Å²) in [6, 6.07) is 10.7. The van der Waals surface area contributed by atoms with Crippen LogP contribution in [-0.4, -0.2) is 38.9 Å². The molecule has 29 heavy (non-hydrogen) atoms. The molecule has 0 bridgehead atoms. The lowest BCUT2D eigenvalue weighted by Crippen LogP contribution is -2.36. The highest BCUT2D eigenvalue weighted by atomic mass is 16.6. The minimum atomic E-state index is -0.485. The highest BCUT2D eigenvalue weighted by molar-refractivity contribution is 5.94. The van der Waals surface area contributed by atoms with Crippen LogP contribution in [0.1, 0.15) is 39.9 Å². The van der Waals surface area contributed by atoms with Crippen molar-refractivity contribution in [3.63, 3.8) is 0 Å². The fourth-order valence-electron chi connectivity index (χ4n) is 4.44. The Morgan fingerprint density at radius 1 is 1.14 bits per heavy atom. The molecular weight excluding hydrogens is 372 g/mol. The number of fused-ring (bicyclic) bond motifs is 2. The molecule has 1 fully saturated rings. The van der Waals surface area contributed by atoms with E-state index in [1.807, 2.05) is 12.1 Å². The van der Waals surface area contributed by atoms with Gasteiger partial charge in [-0.25, -0.2) is 9.69 Å². The van der Waals surface area contributed by atoms with Gasteiger partial charge in [0.05, 0.1) is 12.0 Å². The van der Waals surface area contributed by atoms with Crippen LogP contribution in [0.15, 0.2) is 41.0 Å². The zero-order chi connectivity index (χ0) is 20.0. The summed E-state index contributed by atoms with van der Waals surface area (Å²) in [4.78, 5) is 25.1. The summed E-state index contributed by atoms with van der Waals surface area (Å²) < 4.78 is 4.67. The van der Waals surface area contributed by atoms with Crippen molar-refractivity contribution in [3.05, 3.63) is 58.7 Å². The molecule has 1 atom stereocenters. The normalized spacial score (nSPS) is 20.7. The molecule has 3 aromatic rings. The van der Waals surface area contributed by atoms with Crippen molar-refractivity contribution in [3.8, 4) is 0 Å². The summed E-state index contributed by atoms with van der Waals surface area (Å²) in [5.41, 5.74) is 4.13. The summed E-state index contributed by atoms with van der Waals surface area (Å²) in [6.45, 7) is 0.730. The van der Waals surface area contributed by atoms with E-state index in [0.717, 1.165) is 24.8 Å². The number of rotatable bonds is 3. The van der Waals surface area contributed by atoms with Gasteiger partial charge in [-0.15, -0.1) is 0 Å². The van der Waals surface area contributed by atoms with E-state index >= 15 is 0 Å². The lowest BCUT2D eigenvalue weighted by atomic mass is 9.70. The molecular formula is C21H20N4O4. The van der Waals surface area contributed by atoms with Crippen molar-refractivity contribution in [2.75, 3.05) is 6.54 Å². The predicted molar refractivity (Wildman–Crippen MR) is 102 cm³/mol. The maximum Gasteiger partial charge on any atom is 0.277 e. The Kier molecular flexibility index (Phi) is 4.09. The third kappa shape index (κ3) is 3.05. The van der Waals surface area contributed by atoms with Gasteiger partial charge in [0.15, 0.2) is 0 Å². The molecule has 0 saturated carbocycles. The van der Waals surface area contributed by atoms with Gasteiger partial charge in [-0.2, -0.15) is 0 Å². The van der Waals surface area contributed by atoms with Crippen LogP contribution in [0.5, 0.6) is 0 Å². The molecule has 2 amide bonds. The number of aromatic nitrogens is 2. The van der Waals surface area contributed by atoms with Gasteiger partial charge < -0.3 is 5.32 Å². The maximum absolute atomic E-state index is 12.8. The molecule has 0 radical (unpaired) electrons. The zero-order valence-corrected chi connectivity index (χ0v) is 15.7. The Balaban J connectivity index is 1.36. The van der Waals surface area contributed by atoms with E-state index in [9.17, 15) is 14.8 Å². The summed E-state index contributed by atoms with van der Waals surface area (Å²) in [5, 5.41) is 21.5. The van der Waals surface area contributed by atoms with E-state index in [4.69, 9.17) is 0 Å². The van der Waals surface area contributed by atoms with Crippen LogP contribution in [0.25, 0.3) is 11.0 Å². The number of carbonyl (C=O) groups is 2. The van der Waals surface area contributed by atoms with Gasteiger partial charge in [0.25, 0.3) is 5.91 Å². The van der Waals surface area contributed by atoms with Gasteiger partial charge in [0.1, 0.15) is 11.0 Å². The van der Waals surface area contributed by atoms with Crippen molar-refractivity contribution in [2.45, 2.75) is 32.2 Å². The monoisotopic (exact) mass is 392 g/mol. The summed E-state index contributed by atoms with van der Waals surface area (Å²) >= 11 is 0. The van der Waals surface area contributed by atoms with Gasteiger partial charge in [-0.1, -0.05) is 12.1 Å². The Hall–Kier alpha value is -3.26. The van der Waals surface area contributed by atoms with Crippen molar-refractivity contribution >= 4 is 22.8 Å². The van der Waals surface area contributed by atoms with Crippen molar-refractivity contribution < 1.29 is 19.4 Å². The fraction of sp³-hybridized carbons (Fsp3) is 0.333. The molecule has 2 heterocycles. The average Bonchev–Trinajstić information content (AvgIpc) is 3.33. The highest BCUT2D eigenvalue weighted by Gasteiger charge is 2.44. The standard InChI is InChI=1S/C21H20N4O4/c26-19(25(28)12-13-1-4-17-18(9-13)24-29-23-17)15-3-2-14-5-6-21(11-16(14)10-15)7-8-22-20(21)27/h1-4,9-10,28H,5-8,11-12H2,(H,22,27)/t21-/m0/s1. The first-order valence-electron chi connectivity index (χ1n) is 9.66. The van der Waals surface area contributed by atoms with E-state index < -0.39 is 5.91 Å². The molecule has 0 unspecified atom stereocenters. The third-order valence-electron chi connectivity index (χ3n) is 6.11. The topological polar surface area (TPSA) is 109 Å². The van der Waals surface area contributed by atoms with Crippen LogP contribution in [0, 0.1) is 5.41 Å². The number of hydrogen-bond donors (Lipinski definition) is 2. The molecule has 2 aliphatic rings. The SMILES string of the molecule is O=C(c1ccc2c(c1)C[C@@]1(CCNC1=O)CC2)N(O)Cc1ccc2nonc2c1. The first-order chi connectivity index (χ1) is 14.0. The summed E-state index contributed by atoms with van der Waals surface area (Å²) in [5.74, 6) is -0.372. The first-order valence-corrected chi connectivity index (χ1v) is 9.66. The smallest absolute Gasteiger partial charge is 0.277 e. The largest absolute Gasteiger partial charge is 0.356 e. The zero-order valence-electron chi connectivity index (χ0n) is 15.7. The van der Waals surface area contributed by atoms with E-state index in [1.165, 1.54) is 5.56 Å². The van der Waals surface area contributed by atoms with Crippen molar-refractivity contribution in [1.29, 1.82) is 0 Å². The van der Waals surface area contributed by atoms with Crippen molar-refractivity contribution in [1.82, 2.24) is 20.7 Å². The molecule has 2 N–H and O–H groups in total. The second-order valence-corrected chi connectivity index (χ2v) is 7.90. The third-order valence-corrected chi connectivity index (χ3v) is 6.11. The van der Waals surface area contributed by atoms with Gasteiger partial charge >= 0.3 is 0 Å². The van der Waals surface area contributed by atoms with E-state index in [-0.39, 0.29) is 17.9 Å². The number of hydrogen-bond acceptors (Lipinski definition) is 6. The van der Waals surface area contributed by atoms with Gasteiger partial charge in [-0.3, -0.25) is 14.8 Å². The number of hydroxylamine groups is 2. The van der Waals surface area contributed by atoms with Gasteiger partial charge in [-0.05, 0) is 77.0 Å². The number of aryl methyl sites for hydroxylation is 1. The second kappa shape index (κ2) is 6.66. The van der Waals surface area contributed by atoms with Gasteiger partial charge in [0.2, 0.25) is 5.91 Å². The average molecular weight is 392 g/mol. The number of nitrogens with one attached hydrogen (secondary N) is 1. The van der Waals surface area contributed by atoms with E-state index in [0.29, 0.717) is 40.2 Å². The molecule has 1 spiro atoms. The number of carbonyl (C=O) groups excluding carboxylic acids is 2. The van der Waals surface area contributed by atoms with Crippen LogP contribution < -0.4 is 5.32 Å². The van der Waals surface area contributed by atoms with Crippen LogP contribution in [0.4, 0.5) is 0 Å². The minimum Gasteiger partial charge on any atom is -0.356 e. The Morgan fingerprint density at radius 2 is 2.00 bits per heavy atom. The highest BCUT2D eigenvalue weighted by Crippen LogP contribution is 2.41. The maximum atomic E-state index is 12.8. The number of amides is 2. The molecule has 1 aliphatic carbocycles. The molecule has 5 rings (SSSR count). The van der Waals surface area contributed by atoms with Crippen LogP contribution in [0.3, 0.4) is 0 Å².